The lowest BCUT2D eigenvalue weighted by atomic mass is 10.2. The molecule has 2 rings (SSSR count). The summed E-state index contributed by atoms with van der Waals surface area (Å²) in [5, 5.41) is 0.579. The Morgan fingerprint density at radius 2 is 2.31 bits per heavy atom. The summed E-state index contributed by atoms with van der Waals surface area (Å²) < 4.78 is 0. The predicted octanol–water partition coefficient (Wildman–Crippen LogP) is 0.683. The minimum absolute atomic E-state index is 0.0255. The zero-order chi connectivity index (χ0) is 9.26. The molecule has 72 valence electrons. The van der Waals surface area contributed by atoms with Gasteiger partial charge in [0.1, 0.15) is 0 Å². The number of hydrogen-bond donors (Lipinski definition) is 0. The molecule has 0 N–H and O–H groups in total. The van der Waals surface area contributed by atoms with Crippen molar-refractivity contribution in [2.45, 2.75) is 24.5 Å². The first-order valence-electron chi connectivity index (χ1n) is 4.67. The van der Waals surface area contributed by atoms with E-state index in [2.05, 4.69) is 0 Å². The van der Waals surface area contributed by atoms with Crippen LogP contribution in [0.5, 0.6) is 0 Å². The number of hydrogen-bond acceptors (Lipinski definition) is 3. The molecule has 0 saturated carbocycles. The Labute approximate surface area is 81.9 Å². The monoisotopic (exact) mass is 199 g/mol. The first-order valence-corrected chi connectivity index (χ1v) is 5.71. The zero-order valence-electron chi connectivity index (χ0n) is 7.49. The molecule has 2 aliphatic rings. The number of Topliss-reactive ketones (excluding diaryl/α,β-unsaturated/α-hetero) is 1. The van der Waals surface area contributed by atoms with Gasteiger partial charge in [-0.3, -0.25) is 9.59 Å². The number of thioether (sulfide) groups is 1. The summed E-state index contributed by atoms with van der Waals surface area (Å²) in [6.07, 6.45) is 2.59. The molecular formula is C9H13NO2S. The van der Waals surface area contributed by atoms with Crippen LogP contribution in [0.15, 0.2) is 0 Å². The van der Waals surface area contributed by atoms with E-state index < -0.39 is 0 Å². The van der Waals surface area contributed by atoms with Crippen molar-refractivity contribution in [3.05, 3.63) is 0 Å². The highest BCUT2D eigenvalue weighted by Gasteiger charge is 2.30. The van der Waals surface area contributed by atoms with Crippen molar-refractivity contribution in [3.8, 4) is 0 Å². The van der Waals surface area contributed by atoms with Gasteiger partial charge in [0.05, 0.1) is 13.0 Å². The Hall–Kier alpha value is -0.510. The van der Waals surface area contributed by atoms with E-state index in [9.17, 15) is 9.59 Å². The topological polar surface area (TPSA) is 37.4 Å². The molecule has 2 fully saturated rings. The Balaban J connectivity index is 1.87. The fourth-order valence-corrected chi connectivity index (χ4v) is 3.12. The Morgan fingerprint density at radius 1 is 1.46 bits per heavy atom. The van der Waals surface area contributed by atoms with E-state index in [1.54, 1.807) is 4.90 Å². The lowest BCUT2D eigenvalue weighted by Gasteiger charge is -2.18. The normalized spacial score (nSPS) is 28.9. The van der Waals surface area contributed by atoms with Crippen LogP contribution in [-0.4, -0.2) is 40.7 Å². The van der Waals surface area contributed by atoms with E-state index in [1.807, 2.05) is 11.8 Å². The van der Waals surface area contributed by atoms with Crippen molar-refractivity contribution in [2.75, 3.05) is 18.8 Å². The predicted molar refractivity (Wildman–Crippen MR) is 51.7 cm³/mol. The molecule has 0 aliphatic carbocycles. The van der Waals surface area contributed by atoms with Gasteiger partial charge < -0.3 is 4.90 Å². The Morgan fingerprint density at radius 3 is 2.85 bits per heavy atom. The maximum Gasteiger partial charge on any atom is 0.230 e. The van der Waals surface area contributed by atoms with Gasteiger partial charge in [-0.15, -0.1) is 0 Å². The van der Waals surface area contributed by atoms with Gasteiger partial charge in [-0.05, 0) is 18.6 Å². The Kier molecular flexibility index (Phi) is 2.58. The lowest BCUT2D eigenvalue weighted by Crippen LogP contribution is -2.31. The summed E-state index contributed by atoms with van der Waals surface area (Å²) in [5.41, 5.74) is 0. The fourth-order valence-electron chi connectivity index (χ4n) is 1.84. The molecule has 2 saturated heterocycles. The van der Waals surface area contributed by atoms with Crippen molar-refractivity contribution in [1.29, 1.82) is 0 Å². The largest absolute Gasteiger partial charge is 0.334 e. The second-order valence-electron chi connectivity index (χ2n) is 3.62. The molecule has 0 aromatic carbocycles. The highest BCUT2D eigenvalue weighted by atomic mass is 32.2. The van der Waals surface area contributed by atoms with Crippen molar-refractivity contribution in [1.82, 2.24) is 4.90 Å². The Bertz CT molecular complexity index is 236. The number of ketones is 1. The van der Waals surface area contributed by atoms with Crippen molar-refractivity contribution >= 4 is 23.5 Å². The van der Waals surface area contributed by atoms with Crippen molar-refractivity contribution in [2.24, 2.45) is 0 Å². The second kappa shape index (κ2) is 3.70. The summed E-state index contributed by atoms with van der Waals surface area (Å²) in [4.78, 5) is 24.0. The van der Waals surface area contributed by atoms with Crippen LogP contribution in [0.2, 0.25) is 0 Å². The highest BCUT2D eigenvalue weighted by molar-refractivity contribution is 8.00. The number of amides is 1. The molecule has 1 atom stereocenters. The molecule has 0 radical (unpaired) electrons. The average Bonchev–Trinajstić information content (AvgIpc) is 2.63. The third-order valence-corrected chi connectivity index (χ3v) is 3.90. The summed E-state index contributed by atoms with van der Waals surface area (Å²) in [6, 6.07) is 0. The van der Waals surface area contributed by atoms with Crippen LogP contribution in [0.3, 0.4) is 0 Å². The number of likely N-dealkylation sites (tertiary alicyclic amines) is 1. The third kappa shape index (κ3) is 2.05. The molecule has 0 spiro atoms. The minimum atomic E-state index is 0.0255. The number of nitrogens with zero attached hydrogens (tertiary/aromatic N) is 1. The van der Waals surface area contributed by atoms with Gasteiger partial charge in [-0.2, -0.15) is 11.8 Å². The summed E-state index contributed by atoms with van der Waals surface area (Å²) in [5.74, 6) is 1.31. The van der Waals surface area contributed by atoms with Crippen LogP contribution in [-0.2, 0) is 9.59 Å². The second-order valence-corrected chi connectivity index (χ2v) is 5.03. The van der Waals surface area contributed by atoms with Gasteiger partial charge in [-0.25, -0.2) is 0 Å². The van der Waals surface area contributed by atoms with Crippen LogP contribution in [0, 0.1) is 0 Å². The molecule has 2 aliphatic heterocycles. The maximum atomic E-state index is 11.3. The fraction of sp³-hybridized carbons (Fsp3) is 0.778. The summed E-state index contributed by atoms with van der Waals surface area (Å²) in [7, 11) is 0. The van der Waals surface area contributed by atoms with Crippen molar-refractivity contribution in [3.63, 3.8) is 0 Å². The minimum Gasteiger partial charge on any atom is -0.334 e. The maximum absolute atomic E-state index is 11.3. The smallest absolute Gasteiger partial charge is 0.230 e. The van der Waals surface area contributed by atoms with Crippen molar-refractivity contribution < 1.29 is 9.59 Å². The van der Waals surface area contributed by atoms with Gasteiger partial charge in [0.2, 0.25) is 5.91 Å². The van der Waals surface area contributed by atoms with Gasteiger partial charge >= 0.3 is 0 Å². The number of rotatable bonds is 2. The first-order chi connectivity index (χ1) is 6.25. The molecule has 0 aromatic rings. The number of carbonyl (C=O) groups excluding carboxylic acids is 2. The van der Waals surface area contributed by atoms with E-state index in [0.717, 1.165) is 6.54 Å². The van der Waals surface area contributed by atoms with Crippen LogP contribution in [0.25, 0.3) is 0 Å². The summed E-state index contributed by atoms with van der Waals surface area (Å²) in [6.45, 7) is 1.14. The highest BCUT2D eigenvalue weighted by Crippen LogP contribution is 2.27. The molecule has 0 aromatic heterocycles. The van der Waals surface area contributed by atoms with E-state index >= 15 is 0 Å². The molecule has 1 unspecified atom stereocenters. The SMILES string of the molecule is O=C1CC(=O)N(CC2CCCS2)C1. The first kappa shape index (κ1) is 9.06. The van der Waals surface area contributed by atoms with E-state index in [1.165, 1.54) is 18.6 Å². The van der Waals surface area contributed by atoms with Crippen LogP contribution < -0.4 is 0 Å². The molecule has 13 heavy (non-hydrogen) atoms. The van der Waals surface area contributed by atoms with Crippen LogP contribution in [0.4, 0.5) is 0 Å². The van der Waals surface area contributed by atoms with E-state index in [0.29, 0.717) is 11.8 Å². The zero-order valence-corrected chi connectivity index (χ0v) is 8.31. The molecule has 1 amide bonds. The van der Waals surface area contributed by atoms with E-state index in [4.69, 9.17) is 0 Å². The summed E-state index contributed by atoms with van der Waals surface area (Å²) >= 11 is 1.93. The molecule has 3 nitrogen and oxygen atoms in total. The third-order valence-electron chi connectivity index (χ3n) is 2.52. The average molecular weight is 199 g/mol. The van der Waals surface area contributed by atoms with Gasteiger partial charge in [-0.1, -0.05) is 0 Å². The molecule has 2 heterocycles. The standard InChI is InChI=1S/C9H13NO2S/c11-7-4-9(12)10(5-7)6-8-2-1-3-13-8/h8H,1-6H2. The van der Waals surface area contributed by atoms with Gasteiger partial charge in [0.15, 0.2) is 5.78 Å². The van der Waals surface area contributed by atoms with Gasteiger partial charge in [0.25, 0.3) is 0 Å². The quantitative estimate of drug-likeness (QED) is 0.614. The molecule has 0 bridgehead atoms. The molecular weight excluding hydrogens is 186 g/mol. The number of carbonyl (C=O) groups is 2. The lowest BCUT2D eigenvalue weighted by molar-refractivity contribution is -0.127. The molecule has 4 heteroatoms. The van der Waals surface area contributed by atoms with Crippen LogP contribution in [0.1, 0.15) is 19.3 Å². The van der Waals surface area contributed by atoms with Crippen LogP contribution >= 0.6 is 11.8 Å². The van der Waals surface area contributed by atoms with E-state index in [-0.39, 0.29) is 18.1 Å². The van der Waals surface area contributed by atoms with Gasteiger partial charge in [0, 0.05) is 11.8 Å².